The zero-order chi connectivity index (χ0) is 26.6. The van der Waals surface area contributed by atoms with Crippen LogP contribution in [0.3, 0.4) is 0 Å². The molecule has 2 aliphatic rings. The maximum Gasteiger partial charge on any atom is 0.513 e. The highest BCUT2D eigenvalue weighted by atomic mass is 35.5. The number of hydrogen-bond acceptors (Lipinski definition) is 6. The molecule has 7 nitrogen and oxygen atoms in total. The largest absolute Gasteiger partial charge is 0.513 e. The number of hydrogen-bond donors (Lipinski definition) is 2. The summed E-state index contributed by atoms with van der Waals surface area (Å²) in [7, 11) is 0. The molecule has 198 valence electrons. The standard InChI is InChI=1S/C27H28ClF2NO6/c1-2-35-11-12-36-26(34)37-24-23(25(33)31-27(24)9-7-16(15-32)8-10-27)19-13-17(3-5-20(19)28)18-4-6-21(29)22(30)14-18/h3-6,13-14,16,32H,2,7-12,15H2,1H3,(H,31,33)/t16-,27+. The fourth-order valence-corrected chi connectivity index (χ4v) is 5.00. The molecular formula is C27H28ClF2NO6. The van der Waals surface area contributed by atoms with Crippen LogP contribution in [0.15, 0.2) is 42.2 Å². The van der Waals surface area contributed by atoms with E-state index in [-0.39, 0.29) is 47.7 Å². The summed E-state index contributed by atoms with van der Waals surface area (Å²) in [6.07, 6.45) is 1.11. The fraction of sp³-hybridized carbons (Fsp3) is 0.407. The van der Waals surface area contributed by atoms with E-state index in [9.17, 15) is 23.5 Å². The molecule has 2 aromatic carbocycles. The van der Waals surface area contributed by atoms with Crippen molar-refractivity contribution >= 4 is 29.2 Å². The van der Waals surface area contributed by atoms with Gasteiger partial charge in [-0.15, -0.1) is 0 Å². The Labute approximate surface area is 218 Å². The molecule has 2 N–H and O–H groups in total. The van der Waals surface area contributed by atoms with E-state index in [0.717, 1.165) is 12.1 Å². The summed E-state index contributed by atoms with van der Waals surface area (Å²) >= 11 is 6.51. The molecule has 0 aromatic heterocycles. The molecule has 1 saturated carbocycles. The topological polar surface area (TPSA) is 94.1 Å². The van der Waals surface area contributed by atoms with Gasteiger partial charge < -0.3 is 24.6 Å². The zero-order valence-electron chi connectivity index (χ0n) is 20.3. The first-order valence-corrected chi connectivity index (χ1v) is 12.5. The first kappa shape index (κ1) is 27.0. The van der Waals surface area contributed by atoms with Crippen molar-refractivity contribution in [1.82, 2.24) is 5.32 Å². The SMILES string of the molecule is CCOCCOC(=O)OC1=C(c2cc(-c3ccc(F)c(F)c3)ccc2Cl)C(=O)N[C@]12CC[C@@H](CO)CC2. The number of carbonyl (C=O) groups excluding carboxylic acids is 2. The molecule has 0 saturated heterocycles. The average molecular weight is 536 g/mol. The number of ether oxygens (including phenoxy) is 3. The monoisotopic (exact) mass is 535 g/mol. The first-order chi connectivity index (χ1) is 17.8. The molecule has 2 aromatic rings. The van der Waals surface area contributed by atoms with Crippen molar-refractivity contribution in [2.45, 2.75) is 38.1 Å². The summed E-state index contributed by atoms with van der Waals surface area (Å²) < 4.78 is 43.4. The molecule has 0 radical (unpaired) electrons. The second kappa shape index (κ2) is 11.6. The normalized spacial score (nSPS) is 21.3. The summed E-state index contributed by atoms with van der Waals surface area (Å²) in [6, 6.07) is 8.22. The molecule has 1 spiro atoms. The van der Waals surface area contributed by atoms with Crippen molar-refractivity contribution in [2.24, 2.45) is 5.92 Å². The van der Waals surface area contributed by atoms with Gasteiger partial charge in [0.15, 0.2) is 17.4 Å². The van der Waals surface area contributed by atoms with Crippen molar-refractivity contribution in [2.75, 3.05) is 26.4 Å². The second-order valence-corrected chi connectivity index (χ2v) is 9.49. The van der Waals surface area contributed by atoms with Crippen LogP contribution in [0.5, 0.6) is 0 Å². The number of aliphatic hydroxyl groups is 1. The third-order valence-corrected chi connectivity index (χ3v) is 7.11. The van der Waals surface area contributed by atoms with E-state index in [1.165, 1.54) is 6.07 Å². The molecule has 1 amide bonds. The lowest BCUT2D eigenvalue weighted by Crippen LogP contribution is -2.48. The van der Waals surface area contributed by atoms with E-state index in [2.05, 4.69) is 5.32 Å². The van der Waals surface area contributed by atoms with Crippen LogP contribution >= 0.6 is 11.6 Å². The lowest BCUT2D eigenvalue weighted by molar-refractivity contribution is -0.116. The Morgan fingerprint density at radius 1 is 1.11 bits per heavy atom. The zero-order valence-corrected chi connectivity index (χ0v) is 21.1. The van der Waals surface area contributed by atoms with Crippen molar-refractivity contribution in [3.63, 3.8) is 0 Å². The number of halogens is 3. The fourth-order valence-electron chi connectivity index (χ4n) is 4.79. The van der Waals surface area contributed by atoms with E-state index in [1.54, 1.807) is 18.2 Å². The highest BCUT2D eigenvalue weighted by Crippen LogP contribution is 2.46. The summed E-state index contributed by atoms with van der Waals surface area (Å²) in [5.74, 6) is -2.30. The quantitative estimate of drug-likeness (QED) is 0.355. The summed E-state index contributed by atoms with van der Waals surface area (Å²) in [5, 5.41) is 12.8. The van der Waals surface area contributed by atoms with Crippen LogP contribution in [0.4, 0.5) is 13.6 Å². The highest BCUT2D eigenvalue weighted by Gasteiger charge is 2.50. The van der Waals surface area contributed by atoms with Crippen molar-refractivity contribution in [3.8, 4) is 11.1 Å². The van der Waals surface area contributed by atoms with Crippen LogP contribution in [0.25, 0.3) is 16.7 Å². The Bertz CT molecular complexity index is 1210. The predicted octanol–water partition coefficient (Wildman–Crippen LogP) is 5.24. The van der Waals surface area contributed by atoms with Gasteiger partial charge in [0.25, 0.3) is 5.91 Å². The van der Waals surface area contributed by atoms with Gasteiger partial charge in [-0.25, -0.2) is 13.6 Å². The lowest BCUT2D eigenvalue weighted by Gasteiger charge is -2.37. The molecule has 0 bridgehead atoms. The number of carbonyl (C=O) groups is 2. The smallest absolute Gasteiger partial charge is 0.432 e. The molecule has 10 heteroatoms. The van der Waals surface area contributed by atoms with Gasteiger partial charge in [0.2, 0.25) is 0 Å². The number of benzene rings is 2. The number of amides is 1. The molecule has 1 fully saturated rings. The molecule has 1 aliphatic carbocycles. The van der Waals surface area contributed by atoms with E-state index in [4.69, 9.17) is 25.8 Å². The van der Waals surface area contributed by atoms with Gasteiger partial charge >= 0.3 is 6.16 Å². The van der Waals surface area contributed by atoms with Crippen LogP contribution in [0.2, 0.25) is 5.02 Å². The first-order valence-electron chi connectivity index (χ1n) is 12.1. The average Bonchev–Trinajstić information content (AvgIpc) is 3.14. The summed E-state index contributed by atoms with van der Waals surface area (Å²) in [6.45, 7) is 2.48. The third-order valence-electron chi connectivity index (χ3n) is 6.78. The lowest BCUT2D eigenvalue weighted by atomic mass is 9.76. The van der Waals surface area contributed by atoms with Crippen LogP contribution < -0.4 is 5.32 Å². The minimum Gasteiger partial charge on any atom is -0.432 e. The Balaban J connectivity index is 1.75. The second-order valence-electron chi connectivity index (χ2n) is 9.09. The Hall–Kier alpha value is -3.01. The Morgan fingerprint density at radius 2 is 1.81 bits per heavy atom. The van der Waals surface area contributed by atoms with Crippen molar-refractivity contribution in [1.29, 1.82) is 0 Å². The van der Waals surface area contributed by atoms with Crippen LogP contribution in [-0.2, 0) is 19.0 Å². The number of rotatable bonds is 8. The number of nitrogens with one attached hydrogen (secondary N) is 1. The third kappa shape index (κ3) is 5.79. The van der Waals surface area contributed by atoms with Gasteiger partial charge in [-0.3, -0.25) is 4.79 Å². The Morgan fingerprint density at radius 3 is 2.49 bits per heavy atom. The molecule has 1 heterocycles. The van der Waals surface area contributed by atoms with Gasteiger partial charge in [0.1, 0.15) is 6.61 Å². The highest BCUT2D eigenvalue weighted by molar-refractivity contribution is 6.36. The van der Waals surface area contributed by atoms with Crippen LogP contribution in [0.1, 0.15) is 38.2 Å². The molecule has 4 rings (SSSR count). The van der Waals surface area contributed by atoms with E-state index in [1.807, 2.05) is 6.92 Å². The molecule has 0 atom stereocenters. The molecule has 37 heavy (non-hydrogen) atoms. The van der Waals surface area contributed by atoms with Gasteiger partial charge in [-0.1, -0.05) is 23.7 Å². The minimum atomic E-state index is -1.01. The van der Waals surface area contributed by atoms with Gasteiger partial charge in [-0.05, 0) is 73.9 Å². The maximum atomic E-state index is 13.9. The van der Waals surface area contributed by atoms with E-state index in [0.29, 0.717) is 43.4 Å². The van der Waals surface area contributed by atoms with Crippen LogP contribution in [-0.4, -0.2) is 49.1 Å². The van der Waals surface area contributed by atoms with Gasteiger partial charge in [-0.2, -0.15) is 0 Å². The molecule has 0 unspecified atom stereocenters. The maximum absolute atomic E-state index is 13.9. The van der Waals surface area contributed by atoms with E-state index < -0.39 is 29.2 Å². The van der Waals surface area contributed by atoms with Crippen LogP contribution in [0, 0.1) is 17.6 Å². The van der Waals surface area contributed by atoms with Crippen molar-refractivity contribution in [3.05, 3.63) is 64.4 Å². The van der Waals surface area contributed by atoms with Gasteiger partial charge in [0.05, 0.1) is 17.7 Å². The van der Waals surface area contributed by atoms with E-state index >= 15 is 0 Å². The van der Waals surface area contributed by atoms with Crippen molar-refractivity contribution < 1.29 is 37.7 Å². The molecular weight excluding hydrogens is 508 g/mol. The number of aliphatic hydroxyl groups excluding tert-OH is 1. The minimum absolute atomic E-state index is 0.0252. The molecule has 1 aliphatic heterocycles. The summed E-state index contributed by atoms with van der Waals surface area (Å²) in [4.78, 5) is 26.0. The summed E-state index contributed by atoms with van der Waals surface area (Å²) in [5.41, 5.74) is 0.241. The van der Waals surface area contributed by atoms with Gasteiger partial charge in [0, 0.05) is 23.8 Å². The predicted molar refractivity (Wildman–Crippen MR) is 133 cm³/mol. The Kier molecular flexibility index (Phi) is 8.46.